The molecule has 2 heterocycles. The fourth-order valence-electron chi connectivity index (χ4n) is 2.61. The lowest BCUT2D eigenvalue weighted by atomic mass is 10.1. The summed E-state index contributed by atoms with van der Waals surface area (Å²) in [7, 11) is -3.20. The molecule has 94 valence electrons. The topological polar surface area (TPSA) is 40.6 Å². The molecule has 2 fully saturated rings. The van der Waals surface area contributed by atoms with Gasteiger partial charge in [0.05, 0.1) is 0 Å². The average Bonchev–Trinajstić information content (AvgIpc) is 2.80. The molecule has 0 spiro atoms. The predicted molar refractivity (Wildman–Crippen MR) is 65.0 cm³/mol. The second-order valence-electron chi connectivity index (χ2n) is 4.62. The molecule has 1 atom stereocenters. The molecule has 0 bridgehead atoms. The van der Waals surface area contributed by atoms with E-state index in [0.29, 0.717) is 19.1 Å². The number of halogens is 1. The molecular weight excluding hydrogens is 248 g/mol. The fourth-order valence-corrected chi connectivity index (χ4v) is 3.95. The molecule has 0 radical (unpaired) electrons. The van der Waals surface area contributed by atoms with Crippen molar-refractivity contribution in [3.63, 3.8) is 0 Å². The minimum atomic E-state index is -3.20. The number of piperidine rings is 1. The van der Waals surface area contributed by atoms with Crippen LogP contribution in [-0.4, -0.2) is 55.1 Å². The lowest BCUT2D eigenvalue weighted by Crippen LogP contribution is -2.41. The van der Waals surface area contributed by atoms with Crippen LogP contribution in [0.25, 0.3) is 0 Å². The van der Waals surface area contributed by atoms with E-state index < -0.39 is 10.0 Å². The standard InChI is InChI=1S/C10H19ClN2O2S/c11-9-16(14,15)13-7-4-10(8-13)12-5-2-1-3-6-12/h10H,1-9H2. The first kappa shape index (κ1) is 12.6. The molecule has 6 heteroatoms. The zero-order valence-electron chi connectivity index (χ0n) is 9.44. The van der Waals surface area contributed by atoms with Gasteiger partial charge in [-0.3, -0.25) is 4.90 Å². The van der Waals surface area contributed by atoms with Crippen molar-refractivity contribution in [1.29, 1.82) is 0 Å². The maximum Gasteiger partial charge on any atom is 0.228 e. The van der Waals surface area contributed by atoms with E-state index in [1.165, 1.54) is 19.3 Å². The molecule has 0 aromatic heterocycles. The second-order valence-corrected chi connectivity index (χ2v) is 7.17. The normalized spacial score (nSPS) is 29.7. The van der Waals surface area contributed by atoms with E-state index in [9.17, 15) is 8.42 Å². The number of nitrogens with zero attached hydrogens (tertiary/aromatic N) is 2. The zero-order chi connectivity index (χ0) is 11.6. The molecule has 2 aliphatic heterocycles. The highest BCUT2D eigenvalue weighted by molar-refractivity contribution is 7.90. The Morgan fingerprint density at radius 1 is 1.12 bits per heavy atom. The lowest BCUT2D eigenvalue weighted by Gasteiger charge is -2.32. The van der Waals surface area contributed by atoms with Gasteiger partial charge in [0.1, 0.15) is 5.21 Å². The molecule has 4 nitrogen and oxygen atoms in total. The van der Waals surface area contributed by atoms with Crippen LogP contribution in [0.1, 0.15) is 25.7 Å². The Morgan fingerprint density at radius 2 is 1.81 bits per heavy atom. The molecule has 1 unspecified atom stereocenters. The highest BCUT2D eigenvalue weighted by atomic mass is 35.5. The van der Waals surface area contributed by atoms with Gasteiger partial charge >= 0.3 is 0 Å². The van der Waals surface area contributed by atoms with Crippen molar-refractivity contribution in [2.45, 2.75) is 31.7 Å². The Bertz CT molecular complexity index is 328. The van der Waals surface area contributed by atoms with Crippen LogP contribution in [0.5, 0.6) is 0 Å². The Hall–Kier alpha value is 0.160. The molecule has 2 aliphatic rings. The second kappa shape index (κ2) is 5.21. The third-order valence-electron chi connectivity index (χ3n) is 3.56. The van der Waals surface area contributed by atoms with Crippen molar-refractivity contribution in [2.75, 3.05) is 31.4 Å². The van der Waals surface area contributed by atoms with E-state index in [4.69, 9.17) is 11.6 Å². The Labute approximate surface area is 103 Å². The highest BCUT2D eigenvalue weighted by Gasteiger charge is 2.33. The average molecular weight is 267 g/mol. The molecule has 0 aliphatic carbocycles. The van der Waals surface area contributed by atoms with Crippen molar-refractivity contribution in [3.8, 4) is 0 Å². The Balaban J connectivity index is 1.92. The van der Waals surface area contributed by atoms with E-state index in [1.54, 1.807) is 4.31 Å². The van der Waals surface area contributed by atoms with Crippen LogP contribution >= 0.6 is 11.6 Å². The van der Waals surface area contributed by atoms with E-state index in [2.05, 4.69) is 4.90 Å². The molecular formula is C10H19ClN2O2S. The first-order valence-electron chi connectivity index (χ1n) is 5.91. The number of alkyl halides is 1. The fraction of sp³-hybridized carbons (Fsp3) is 1.00. The minimum Gasteiger partial charge on any atom is -0.299 e. The molecule has 0 aromatic carbocycles. The molecule has 16 heavy (non-hydrogen) atoms. The minimum absolute atomic E-state index is 0.292. The number of sulfonamides is 1. The van der Waals surface area contributed by atoms with E-state index in [-0.39, 0.29) is 5.21 Å². The Morgan fingerprint density at radius 3 is 2.44 bits per heavy atom. The smallest absolute Gasteiger partial charge is 0.228 e. The number of rotatable bonds is 3. The van der Waals surface area contributed by atoms with Crippen LogP contribution in [0.2, 0.25) is 0 Å². The van der Waals surface area contributed by atoms with E-state index in [1.807, 2.05) is 0 Å². The largest absolute Gasteiger partial charge is 0.299 e. The molecule has 0 saturated carbocycles. The van der Waals surface area contributed by atoms with Gasteiger partial charge in [0.2, 0.25) is 10.0 Å². The quantitative estimate of drug-likeness (QED) is 0.718. The van der Waals surface area contributed by atoms with Gasteiger partial charge in [-0.2, -0.15) is 4.31 Å². The van der Waals surface area contributed by atoms with Crippen molar-refractivity contribution in [1.82, 2.24) is 9.21 Å². The molecule has 2 saturated heterocycles. The van der Waals surface area contributed by atoms with Crippen LogP contribution in [0, 0.1) is 0 Å². The van der Waals surface area contributed by atoms with Gasteiger partial charge in [-0.1, -0.05) is 6.42 Å². The van der Waals surface area contributed by atoms with Crippen LogP contribution in [-0.2, 0) is 10.0 Å². The molecule has 2 rings (SSSR count). The first-order valence-corrected chi connectivity index (χ1v) is 8.06. The lowest BCUT2D eigenvalue weighted by molar-refractivity contribution is 0.169. The summed E-state index contributed by atoms with van der Waals surface area (Å²) >= 11 is 5.46. The van der Waals surface area contributed by atoms with Gasteiger partial charge in [0.15, 0.2) is 0 Å². The summed E-state index contributed by atoms with van der Waals surface area (Å²) in [5.41, 5.74) is 0. The van der Waals surface area contributed by atoms with Gasteiger partial charge in [0.25, 0.3) is 0 Å². The number of likely N-dealkylation sites (tertiary alicyclic amines) is 1. The maximum absolute atomic E-state index is 11.6. The number of hydrogen-bond donors (Lipinski definition) is 0. The molecule has 0 N–H and O–H groups in total. The van der Waals surface area contributed by atoms with Gasteiger partial charge in [-0.15, -0.1) is 11.6 Å². The van der Waals surface area contributed by atoms with Gasteiger partial charge in [0, 0.05) is 19.1 Å². The summed E-state index contributed by atoms with van der Waals surface area (Å²) in [5.74, 6) is 0. The van der Waals surface area contributed by atoms with Gasteiger partial charge in [-0.25, -0.2) is 8.42 Å². The first-order chi connectivity index (χ1) is 7.63. The van der Waals surface area contributed by atoms with Crippen molar-refractivity contribution >= 4 is 21.6 Å². The summed E-state index contributed by atoms with van der Waals surface area (Å²) in [6.07, 6.45) is 4.76. The zero-order valence-corrected chi connectivity index (χ0v) is 11.0. The van der Waals surface area contributed by atoms with E-state index in [0.717, 1.165) is 19.5 Å². The van der Waals surface area contributed by atoms with Crippen LogP contribution in [0.15, 0.2) is 0 Å². The summed E-state index contributed by atoms with van der Waals surface area (Å²) in [5, 5.41) is -0.292. The SMILES string of the molecule is O=S(=O)(CCl)N1CCC(N2CCCCC2)C1. The van der Waals surface area contributed by atoms with Crippen LogP contribution in [0.4, 0.5) is 0 Å². The monoisotopic (exact) mass is 266 g/mol. The van der Waals surface area contributed by atoms with Crippen LogP contribution in [0.3, 0.4) is 0 Å². The molecule has 0 amide bonds. The summed E-state index contributed by atoms with van der Waals surface area (Å²) in [6, 6.07) is 0.415. The van der Waals surface area contributed by atoms with Crippen LogP contribution < -0.4 is 0 Å². The third kappa shape index (κ3) is 2.70. The van der Waals surface area contributed by atoms with Crippen molar-refractivity contribution < 1.29 is 8.42 Å². The van der Waals surface area contributed by atoms with Gasteiger partial charge < -0.3 is 0 Å². The van der Waals surface area contributed by atoms with Crippen molar-refractivity contribution in [2.24, 2.45) is 0 Å². The molecule has 0 aromatic rings. The summed E-state index contributed by atoms with van der Waals surface area (Å²) < 4.78 is 24.8. The number of hydrogen-bond acceptors (Lipinski definition) is 3. The maximum atomic E-state index is 11.6. The summed E-state index contributed by atoms with van der Waals surface area (Å²) in [6.45, 7) is 3.52. The predicted octanol–water partition coefficient (Wildman–Crippen LogP) is 1.07. The highest BCUT2D eigenvalue weighted by Crippen LogP contribution is 2.22. The van der Waals surface area contributed by atoms with Crippen molar-refractivity contribution in [3.05, 3.63) is 0 Å². The third-order valence-corrected chi connectivity index (χ3v) is 5.79. The summed E-state index contributed by atoms with van der Waals surface area (Å²) in [4.78, 5) is 2.44. The van der Waals surface area contributed by atoms with Gasteiger partial charge in [-0.05, 0) is 32.4 Å². The Kier molecular flexibility index (Phi) is 4.11. The van der Waals surface area contributed by atoms with E-state index >= 15 is 0 Å².